The molecule has 1 aliphatic heterocycles. The minimum atomic E-state index is 0. The maximum atomic E-state index is 2.64. The fourth-order valence-corrected chi connectivity index (χ4v) is 3.41. The summed E-state index contributed by atoms with van der Waals surface area (Å²) in [4.78, 5) is 5.08. The maximum Gasteiger partial charge on any atom is 0.0410 e. The highest BCUT2D eigenvalue weighted by atomic mass is 35.5. The SMILES string of the molecule is Cl.c1ccc(N(CCCCN2CCCCC2)c2ccccc2)cc1. The summed E-state index contributed by atoms with van der Waals surface area (Å²) in [7, 11) is 0. The molecule has 0 amide bonds. The van der Waals surface area contributed by atoms with Gasteiger partial charge in [0.05, 0.1) is 0 Å². The van der Waals surface area contributed by atoms with Gasteiger partial charge >= 0.3 is 0 Å². The summed E-state index contributed by atoms with van der Waals surface area (Å²) in [5.41, 5.74) is 2.58. The van der Waals surface area contributed by atoms with Crippen LogP contribution in [-0.4, -0.2) is 31.1 Å². The van der Waals surface area contributed by atoms with Crippen LogP contribution in [0.5, 0.6) is 0 Å². The van der Waals surface area contributed by atoms with Crippen molar-refractivity contribution in [3.63, 3.8) is 0 Å². The topological polar surface area (TPSA) is 6.48 Å². The molecule has 3 rings (SSSR count). The average Bonchev–Trinajstić information content (AvgIpc) is 2.64. The third-order valence-corrected chi connectivity index (χ3v) is 4.69. The van der Waals surface area contributed by atoms with Gasteiger partial charge in [-0.1, -0.05) is 42.8 Å². The van der Waals surface area contributed by atoms with Gasteiger partial charge in [0.15, 0.2) is 0 Å². The number of likely N-dealkylation sites (tertiary alicyclic amines) is 1. The molecule has 0 atom stereocenters. The first-order valence-electron chi connectivity index (χ1n) is 9.03. The van der Waals surface area contributed by atoms with Gasteiger partial charge < -0.3 is 9.80 Å². The molecule has 130 valence electrons. The van der Waals surface area contributed by atoms with E-state index in [0.717, 1.165) is 6.54 Å². The van der Waals surface area contributed by atoms with Crippen LogP contribution in [0.3, 0.4) is 0 Å². The first-order chi connectivity index (χ1) is 11.4. The molecule has 24 heavy (non-hydrogen) atoms. The van der Waals surface area contributed by atoms with Gasteiger partial charge in [0.2, 0.25) is 0 Å². The average molecular weight is 345 g/mol. The second-order valence-electron chi connectivity index (χ2n) is 6.43. The van der Waals surface area contributed by atoms with Crippen LogP contribution < -0.4 is 4.90 Å². The molecule has 0 aromatic heterocycles. The van der Waals surface area contributed by atoms with Crippen molar-refractivity contribution < 1.29 is 0 Å². The van der Waals surface area contributed by atoms with E-state index in [-0.39, 0.29) is 12.4 Å². The number of benzene rings is 2. The first-order valence-corrected chi connectivity index (χ1v) is 9.03. The van der Waals surface area contributed by atoms with Gasteiger partial charge in [0.1, 0.15) is 0 Å². The number of anilines is 2. The van der Waals surface area contributed by atoms with Crippen LogP contribution in [0, 0.1) is 0 Å². The Kier molecular flexibility index (Phi) is 8.14. The fraction of sp³-hybridized carbons (Fsp3) is 0.429. The molecule has 0 aliphatic carbocycles. The standard InChI is InChI=1S/C21H28N2.ClH/c1-4-12-20(13-5-1)23(21-14-6-2-7-15-21)19-11-10-18-22-16-8-3-9-17-22;/h1-2,4-7,12-15H,3,8-11,16-19H2;1H. The number of halogens is 1. The summed E-state index contributed by atoms with van der Waals surface area (Å²) in [6.45, 7) is 4.96. The lowest BCUT2D eigenvalue weighted by Crippen LogP contribution is -2.31. The van der Waals surface area contributed by atoms with Gasteiger partial charge in [-0.05, 0) is 69.6 Å². The fourth-order valence-electron chi connectivity index (χ4n) is 3.41. The summed E-state index contributed by atoms with van der Waals surface area (Å²) in [6.07, 6.45) is 6.73. The van der Waals surface area contributed by atoms with Crippen LogP contribution >= 0.6 is 12.4 Å². The highest BCUT2D eigenvalue weighted by molar-refractivity contribution is 5.85. The molecule has 0 bridgehead atoms. The molecule has 1 fully saturated rings. The zero-order valence-corrected chi connectivity index (χ0v) is 15.3. The molecule has 0 radical (unpaired) electrons. The van der Waals surface area contributed by atoms with Crippen molar-refractivity contribution in [2.24, 2.45) is 0 Å². The smallest absolute Gasteiger partial charge is 0.0410 e. The van der Waals surface area contributed by atoms with Gasteiger partial charge in [0, 0.05) is 17.9 Å². The van der Waals surface area contributed by atoms with E-state index in [1.54, 1.807) is 0 Å². The van der Waals surface area contributed by atoms with Crippen molar-refractivity contribution in [3.05, 3.63) is 60.7 Å². The normalized spacial score (nSPS) is 14.8. The molecule has 0 saturated carbocycles. The van der Waals surface area contributed by atoms with Gasteiger partial charge in [-0.15, -0.1) is 12.4 Å². The molecule has 1 heterocycles. The molecule has 3 heteroatoms. The second kappa shape index (κ2) is 10.4. The minimum absolute atomic E-state index is 0. The van der Waals surface area contributed by atoms with Gasteiger partial charge in [-0.3, -0.25) is 0 Å². The summed E-state index contributed by atoms with van der Waals surface area (Å²) in [6, 6.07) is 21.5. The largest absolute Gasteiger partial charge is 0.341 e. The minimum Gasteiger partial charge on any atom is -0.341 e. The Labute approximate surface area is 152 Å². The number of piperidine rings is 1. The number of hydrogen-bond acceptors (Lipinski definition) is 2. The molecule has 2 aromatic rings. The van der Waals surface area contributed by atoms with Crippen LogP contribution in [0.2, 0.25) is 0 Å². The van der Waals surface area contributed by atoms with Gasteiger partial charge in [-0.25, -0.2) is 0 Å². The molecular weight excluding hydrogens is 316 g/mol. The predicted molar refractivity (Wildman–Crippen MR) is 107 cm³/mol. The molecule has 1 aliphatic rings. The van der Waals surface area contributed by atoms with Crippen molar-refractivity contribution in [2.45, 2.75) is 32.1 Å². The first kappa shape index (κ1) is 18.8. The monoisotopic (exact) mass is 344 g/mol. The van der Waals surface area contributed by atoms with E-state index in [2.05, 4.69) is 70.5 Å². The molecule has 1 saturated heterocycles. The lowest BCUT2D eigenvalue weighted by atomic mass is 10.1. The Morgan fingerprint density at radius 3 is 1.79 bits per heavy atom. The van der Waals surface area contributed by atoms with Crippen molar-refractivity contribution in [3.8, 4) is 0 Å². The molecule has 2 aromatic carbocycles. The van der Waals surface area contributed by atoms with Gasteiger partial charge in [0.25, 0.3) is 0 Å². The van der Waals surface area contributed by atoms with Crippen LogP contribution in [0.4, 0.5) is 11.4 Å². The lowest BCUT2D eigenvalue weighted by molar-refractivity contribution is 0.225. The van der Waals surface area contributed by atoms with Crippen LogP contribution in [-0.2, 0) is 0 Å². The molecule has 0 unspecified atom stereocenters. The Morgan fingerprint density at radius 2 is 1.25 bits per heavy atom. The van der Waals surface area contributed by atoms with E-state index in [4.69, 9.17) is 0 Å². The van der Waals surface area contributed by atoms with Crippen molar-refractivity contribution in [2.75, 3.05) is 31.1 Å². The molecule has 0 N–H and O–H groups in total. The summed E-state index contributed by atoms with van der Waals surface area (Å²) >= 11 is 0. The van der Waals surface area contributed by atoms with Gasteiger partial charge in [-0.2, -0.15) is 0 Å². The Hall–Kier alpha value is -1.51. The zero-order chi connectivity index (χ0) is 15.7. The Morgan fingerprint density at radius 1 is 0.708 bits per heavy atom. The molecular formula is C21H29ClN2. The van der Waals surface area contributed by atoms with Crippen LogP contribution in [0.1, 0.15) is 32.1 Å². The number of unbranched alkanes of at least 4 members (excludes halogenated alkanes) is 1. The highest BCUT2D eigenvalue weighted by Gasteiger charge is 2.11. The maximum absolute atomic E-state index is 2.64. The highest BCUT2D eigenvalue weighted by Crippen LogP contribution is 2.25. The third-order valence-electron chi connectivity index (χ3n) is 4.69. The Bertz CT molecular complexity index is 513. The quantitative estimate of drug-likeness (QED) is 0.611. The van der Waals surface area contributed by atoms with E-state index in [1.165, 1.54) is 63.1 Å². The Balaban J connectivity index is 0.00000208. The van der Waals surface area contributed by atoms with Crippen LogP contribution in [0.25, 0.3) is 0 Å². The zero-order valence-electron chi connectivity index (χ0n) is 14.4. The summed E-state index contributed by atoms with van der Waals surface area (Å²) < 4.78 is 0. The van der Waals surface area contributed by atoms with E-state index >= 15 is 0 Å². The van der Waals surface area contributed by atoms with Crippen molar-refractivity contribution in [1.82, 2.24) is 4.90 Å². The van der Waals surface area contributed by atoms with E-state index < -0.39 is 0 Å². The van der Waals surface area contributed by atoms with E-state index in [0.29, 0.717) is 0 Å². The van der Waals surface area contributed by atoms with E-state index in [1.807, 2.05) is 0 Å². The predicted octanol–water partition coefficient (Wildman–Crippen LogP) is 5.51. The number of nitrogens with zero attached hydrogens (tertiary/aromatic N) is 2. The third kappa shape index (κ3) is 5.54. The van der Waals surface area contributed by atoms with Crippen LogP contribution in [0.15, 0.2) is 60.7 Å². The summed E-state index contributed by atoms with van der Waals surface area (Å²) in [5.74, 6) is 0. The molecule has 2 nitrogen and oxygen atoms in total. The lowest BCUT2D eigenvalue weighted by Gasteiger charge is -2.28. The summed E-state index contributed by atoms with van der Waals surface area (Å²) in [5, 5.41) is 0. The second-order valence-corrected chi connectivity index (χ2v) is 6.43. The van der Waals surface area contributed by atoms with Crippen molar-refractivity contribution in [1.29, 1.82) is 0 Å². The van der Waals surface area contributed by atoms with E-state index in [9.17, 15) is 0 Å². The molecule has 0 spiro atoms. The van der Waals surface area contributed by atoms with Crippen molar-refractivity contribution >= 4 is 23.8 Å². The number of para-hydroxylation sites is 2. The number of rotatable bonds is 7. The number of hydrogen-bond donors (Lipinski definition) is 0.